The second-order valence-corrected chi connectivity index (χ2v) is 7.00. The number of nitrogens with zero attached hydrogens (tertiary/aromatic N) is 2. The van der Waals surface area contributed by atoms with Gasteiger partial charge in [0.2, 0.25) is 0 Å². The minimum Gasteiger partial charge on any atom is -0.356 e. The minimum absolute atomic E-state index is 0.378. The Morgan fingerprint density at radius 2 is 2.04 bits per heavy atom. The summed E-state index contributed by atoms with van der Waals surface area (Å²) in [5, 5.41) is 7.98. The highest BCUT2D eigenvalue weighted by atomic mass is 32.1. The van der Waals surface area contributed by atoms with Crippen LogP contribution in [-0.4, -0.2) is 30.6 Å². The second-order valence-electron chi connectivity index (χ2n) is 5.68. The zero-order chi connectivity index (χ0) is 16.5. The Morgan fingerprint density at radius 1 is 1.26 bits per heavy atom. The van der Waals surface area contributed by atoms with Gasteiger partial charge in [-0.2, -0.15) is 0 Å². The van der Waals surface area contributed by atoms with Crippen LogP contribution in [0.3, 0.4) is 0 Å². The Labute approximate surface area is 143 Å². The summed E-state index contributed by atoms with van der Waals surface area (Å²) in [4.78, 5) is 9.94. The molecule has 1 aromatic heterocycles. The van der Waals surface area contributed by atoms with Gasteiger partial charge in [-0.25, -0.2) is 4.98 Å². The number of hydrogen-bond donors (Lipinski definition) is 2. The van der Waals surface area contributed by atoms with Gasteiger partial charge in [0.25, 0.3) is 0 Å². The van der Waals surface area contributed by atoms with Crippen molar-refractivity contribution in [2.45, 2.75) is 39.2 Å². The second kappa shape index (κ2) is 9.30. The number of nitrogens with one attached hydrogen (secondary N) is 2. The summed E-state index contributed by atoms with van der Waals surface area (Å²) >= 11 is 1.76. The maximum Gasteiger partial charge on any atom is 0.191 e. The summed E-state index contributed by atoms with van der Waals surface area (Å²) in [6, 6.07) is 11.0. The van der Waals surface area contributed by atoms with E-state index in [1.54, 1.807) is 11.3 Å². The van der Waals surface area contributed by atoms with E-state index in [0.717, 1.165) is 31.8 Å². The van der Waals surface area contributed by atoms with Crippen LogP contribution in [0.15, 0.2) is 41.5 Å². The number of benzene rings is 1. The van der Waals surface area contributed by atoms with E-state index in [-0.39, 0.29) is 0 Å². The number of aromatic nitrogens is 1. The fourth-order valence-corrected chi connectivity index (χ4v) is 3.12. The summed E-state index contributed by atoms with van der Waals surface area (Å²) in [5.74, 6) is 0.860. The SMILES string of the molecule is CN=C(NCCc1ncc(C)s1)NC(C)CCc1ccccc1. The van der Waals surface area contributed by atoms with Crippen LogP contribution in [0.5, 0.6) is 0 Å². The molecule has 0 saturated heterocycles. The Kier molecular flexibility index (Phi) is 7.07. The standard InChI is InChI=1S/C18H26N4S/c1-14(9-10-16-7-5-4-6-8-16)22-18(19-3)20-12-11-17-21-13-15(2)23-17/h4-8,13-14H,9-12H2,1-3H3,(H2,19,20,22). The first kappa shape index (κ1) is 17.5. The lowest BCUT2D eigenvalue weighted by molar-refractivity contribution is 0.593. The number of aliphatic imine (C=N–C) groups is 1. The lowest BCUT2D eigenvalue weighted by Crippen LogP contribution is -2.43. The van der Waals surface area contributed by atoms with Gasteiger partial charge in [0.15, 0.2) is 5.96 Å². The van der Waals surface area contributed by atoms with E-state index in [4.69, 9.17) is 0 Å². The highest BCUT2D eigenvalue weighted by Gasteiger charge is 2.06. The zero-order valence-electron chi connectivity index (χ0n) is 14.2. The normalized spacial score (nSPS) is 12.9. The van der Waals surface area contributed by atoms with Crippen LogP contribution in [0.1, 0.15) is 28.8 Å². The fraction of sp³-hybridized carbons (Fsp3) is 0.444. The average Bonchev–Trinajstić information content (AvgIpc) is 2.98. The molecule has 0 fully saturated rings. The molecule has 0 radical (unpaired) electrons. The van der Waals surface area contributed by atoms with Gasteiger partial charge in [-0.1, -0.05) is 30.3 Å². The molecule has 0 aliphatic rings. The highest BCUT2D eigenvalue weighted by molar-refractivity contribution is 7.11. The minimum atomic E-state index is 0.378. The van der Waals surface area contributed by atoms with E-state index >= 15 is 0 Å². The molecule has 1 atom stereocenters. The molecular weight excluding hydrogens is 304 g/mol. The van der Waals surface area contributed by atoms with E-state index in [1.807, 2.05) is 13.2 Å². The van der Waals surface area contributed by atoms with Gasteiger partial charge in [0.1, 0.15) is 0 Å². The van der Waals surface area contributed by atoms with Crippen molar-refractivity contribution in [1.29, 1.82) is 0 Å². The van der Waals surface area contributed by atoms with Gasteiger partial charge in [0, 0.05) is 37.1 Å². The van der Waals surface area contributed by atoms with Crippen molar-refractivity contribution in [2.24, 2.45) is 4.99 Å². The zero-order valence-corrected chi connectivity index (χ0v) is 15.0. The van der Waals surface area contributed by atoms with Crippen molar-refractivity contribution in [3.63, 3.8) is 0 Å². The van der Waals surface area contributed by atoms with E-state index in [1.165, 1.54) is 15.4 Å². The van der Waals surface area contributed by atoms with Gasteiger partial charge in [-0.3, -0.25) is 4.99 Å². The molecule has 0 amide bonds. The molecule has 1 heterocycles. The molecule has 0 bridgehead atoms. The van der Waals surface area contributed by atoms with E-state index < -0.39 is 0 Å². The van der Waals surface area contributed by atoms with Crippen LogP contribution in [0, 0.1) is 6.92 Å². The fourth-order valence-electron chi connectivity index (χ4n) is 2.33. The van der Waals surface area contributed by atoms with Crippen molar-refractivity contribution < 1.29 is 0 Å². The topological polar surface area (TPSA) is 49.3 Å². The molecule has 1 aromatic carbocycles. The predicted octanol–water partition coefficient (Wildman–Crippen LogP) is 3.18. The Balaban J connectivity index is 1.69. The maximum atomic E-state index is 4.38. The van der Waals surface area contributed by atoms with Crippen LogP contribution in [0.2, 0.25) is 0 Å². The first-order valence-electron chi connectivity index (χ1n) is 8.10. The first-order chi connectivity index (χ1) is 11.2. The van der Waals surface area contributed by atoms with Crippen LogP contribution in [0.4, 0.5) is 0 Å². The molecule has 0 aliphatic carbocycles. The van der Waals surface area contributed by atoms with Gasteiger partial charge >= 0.3 is 0 Å². The van der Waals surface area contributed by atoms with Gasteiger partial charge < -0.3 is 10.6 Å². The van der Waals surface area contributed by atoms with Crippen molar-refractivity contribution >= 4 is 17.3 Å². The summed E-state index contributed by atoms with van der Waals surface area (Å²) in [5.41, 5.74) is 1.38. The first-order valence-corrected chi connectivity index (χ1v) is 8.91. The van der Waals surface area contributed by atoms with Crippen molar-refractivity contribution in [3.05, 3.63) is 52.0 Å². The van der Waals surface area contributed by atoms with Crippen LogP contribution in [0.25, 0.3) is 0 Å². The molecule has 23 heavy (non-hydrogen) atoms. The number of aryl methyl sites for hydroxylation is 2. The smallest absolute Gasteiger partial charge is 0.191 e. The molecular formula is C18H26N4S. The lowest BCUT2D eigenvalue weighted by atomic mass is 10.1. The third-order valence-electron chi connectivity index (χ3n) is 3.62. The monoisotopic (exact) mass is 330 g/mol. The van der Waals surface area contributed by atoms with E-state index in [9.17, 15) is 0 Å². The summed E-state index contributed by atoms with van der Waals surface area (Å²) in [6.07, 6.45) is 5.01. The van der Waals surface area contributed by atoms with Crippen LogP contribution >= 0.6 is 11.3 Å². The molecule has 0 aliphatic heterocycles. The molecule has 1 unspecified atom stereocenters. The summed E-state index contributed by atoms with van der Waals surface area (Å²) < 4.78 is 0. The average molecular weight is 331 g/mol. The molecule has 2 N–H and O–H groups in total. The largest absolute Gasteiger partial charge is 0.356 e. The number of thiazole rings is 1. The molecule has 124 valence electrons. The Morgan fingerprint density at radius 3 is 2.70 bits per heavy atom. The van der Waals surface area contributed by atoms with Crippen LogP contribution < -0.4 is 10.6 Å². The highest BCUT2D eigenvalue weighted by Crippen LogP contribution is 2.10. The molecule has 4 nitrogen and oxygen atoms in total. The molecule has 5 heteroatoms. The molecule has 0 spiro atoms. The summed E-state index contributed by atoms with van der Waals surface area (Å²) in [6.45, 7) is 5.13. The Hall–Kier alpha value is -1.88. The van der Waals surface area contributed by atoms with Gasteiger partial charge in [-0.15, -0.1) is 11.3 Å². The molecule has 0 saturated carbocycles. The van der Waals surface area contributed by atoms with Gasteiger partial charge in [-0.05, 0) is 32.3 Å². The number of rotatable bonds is 7. The van der Waals surface area contributed by atoms with Crippen molar-refractivity contribution in [1.82, 2.24) is 15.6 Å². The quantitative estimate of drug-likeness (QED) is 0.605. The third-order valence-corrected chi connectivity index (χ3v) is 4.59. The third kappa shape index (κ3) is 6.40. The maximum absolute atomic E-state index is 4.38. The van der Waals surface area contributed by atoms with Crippen molar-refractivity contribution in [3.8, 4) is 0 Å². The predicted molar refractivity (Wildman–Crippen MR) is 99.3 cm³/mol. The van der Waals surface area contributed by atoms with Crippen LogP contribution in [-0.2, 0) is 12.8 Å². The lowest BCUT2D eigenvalue weighted by Gasteiger charge is -2.17. The number of hydrogen-bond acceptors (Lipinski definition) is 3. The van der Waals surface area contributed by atoms with Crippen molar-refractivity contribution in [2.75, 3.05) is 13.6 Å². The molecule has 2 aromatic rings. The van der Waals surface area contributed by atoms with E-state index in [2.05, 4.69) is 64.8 Å². The summed E-state index contributed by atoms with van der Waals surface area (Å²) in [7, 11) is 1.81. The number of guanidine groups is 1. The van der Waals surface area contributed by atoms with Gasteiger partial charge in [0.05, 0.1) is 5.01 Å². The van der Waals surface area contributed by atoms with E-state index in [0.29, 0.717) is 6.04 Å². The Bertz CT molecular complexity index is 606. The molecule has 2 rings (SSSR count).